The van der Waals surface area contributed by atoms with Crippen LogP contribution in [0.2, 0.25) is 0 Å². The lowest BCUT2D eigenvalue weighted by atomic mass is 10.3. The second-order valence-corrected chi connectivity index (χ2v) is 3.90. The van der Waals surface area contributed by atoms with E-state index >= 15 is 0 Å². The van der Waals surface area contributed by atoms with Crippen molar-refractivity contribution in [3.05, 3.63) is 30.7 Å². The zero-order valence-corrected chi connectivity index (χ0v) is 8.91. The third-order valence-electron chi connectivity index (χ3n) is 1.76. The van der Waals surface area contributed by atoms with Crippen LogP contribution in [0.3, 0.4) is 0 Å². The standard InChI is InChI=1S/C10H11N3OS/c11-4-7-15-10-12-5-3-8(13-10)9-2-1-6-14-9/h1-3,5-6H,4,7,11H2. The van der Waals surface area contributed by atoms with Crippen molar-refractivity contribution in [1.29, 1.82) is 0 Å². The molecular weight excluding hydrogens is 210 g/mol. The molecule has 15 heavy (non-hydrogen) atoms. The summed E-state index contributed by atoms with van der Waals surface area (Å²) in [6.45, 7) is 0.624. The van der Waals surface area contributed by atoms with Gasteiger partial charge in [-0.05, 0) is 18.2 Å². The van der Waals surface area contributed by atoms with Crippen LogP contribution >= 0.6 is 11.8 Å². The van der Waals surface area contributed by atoms with E-state index in [9.17, 15) is 0 Å². The van der Waals surface area contributed by atoms with Gasteiger partial charge in [0.25, 0.3) is 0 Å². The second-order valence-electron chi connectivity index (χ2n) is 2.84. The van der Waals surface area contributed by atoms with Gasteiger partial charge in [-0.2, -0.15) is 0 Å². The number of nitrogens with zero attached hydrogens (tertiary/aromatic N) is 2. The fourth-order valence-electron chi connectivity index (χ4n) is 1.12. The Morgan fingerprint density at radius 1 is 1.40 bits per heavy atom. The minimum atomic E-state index is 0.624. The topological polar surface area (TPSA) is 64.9 Å². The molecule has 0 amide bonds. The lowest BCUT2D eigenvalue weighted by Crippen LogP contribution is -2.02. The molecule has 0 aliphatic rings. The van der Waals surface area contributed by atoms with E-state index in [1.807, 2.05) is 18.2 Å². The molecule has 4 nitrogen and oxygen atoms in total. The first kappa shape index (κ1) is 10.2. The van der Waals surface area contributed by atoms with Crippen molar-refractivity contribution >= 4 is 11.8 Å². The van der Waals surface area contributed by atoms with Crippen molar-refractivity contribution < 1.29 is 4.42 Å². The van der Waals surface area contributed by atoms with Crippen molar-refractivity contribution in [3.63, 3.8) is 0 Å². The van der Waals surface area contributed by atoms with Crippen LogP contribution in [-0.2, 0) is 0 Å². The Hall–Kier alpha value is -1.33. The third kappa shape index (κ3) is 2.57. The molecule has 0 aromatic carbocycles. The van der Waals surface area contributed by atoms with E-state index in [1.54, 1.807) is 24.2 Å². The van der Waals surface area contributed by atoms with Gasteiger partial charge in [0.1, 0.15) is 5.69 Å². The average molecular weight is 221 g/mol. The molecule has 5 heteroatoms. The maximum atomic E-state index is 5.41. The molecule has 0 saturated carbocycles. The molecule has 0 unspecified atom stereocenters. The van der Waals surface area contributed by atoms with Gasteiger partial charge in [-0.15, -0.1) is 0 Å². The average Bonchev–Trinajstić information content (AvgIpc) is 2.80. The molecule has 0 spiro atoms. The third-order valence-corrected chi connectivity index (χ3v) is 2.65. The number of hydrogen-bond acceptors (Lipinski definition) is 5. The highest BCUT2D eigenvalue weighted by molar-refractivity contribution is 7.99. The van der Waals surface area contributed by atoms with E-state index in [2.05, 4.69) is 9.97 Å². The van der Waals surface area contributed by atoms with E-state index in [1.165, 1.54) is 0 Å². The molecule has 0 aliphatic carbocycles. The summed E-state index contributed by atoms with van der Waals surface area (Å²) in [6, 6.07) is 5.54. The first-order valence-electron chi connectivity index (χ1n) is 4.60. The summed E-state index contributed by atoms with van der Waals surface area (Å²) in [5.74, 6) is 1.58. The maximum Gasteiger partial charge on any atom is 0.188 e. The summed E-state index contributed by atoms with van der Waals surface area (Å²) in [4.78, 5) is 8.50. The molecular formula is C10H11N3OS. The monoisotopic (exact) mass is 221 g/mol. The van der Waals surface area contributed by atoms with Crippen LogP contribution in [0.5, 0.6) is 0 Å². The van der Waals surface area contributed by atoms with E-state index < -0.39 is 0 Å². The quantitative estimate of drug-likeness (QED) is 0.629. The number of aromatic nitrogens is 2. The van der Waals surface area contributed by atoms with Gasteiger partial charge in [-0.25, -0.2) is 9.97 Å². The van der Waals surface area contributed by atoms with Crippen molar-refractivity contribution in [2.45, 2.75) is 5.16 Å². The Labute approximate surface area is 91.9 Å². The normalized spacial score (nSPS) is 10.5. The summed E-state index contributed by atoms with van der Waals surface area (Å²) in [7, 11) is 0. The number of furan rings is 1. The minimum absolute atomic E-state index is 0.624. The van der Waals surface area contributed by atoms with Crippen molar-refractivity contribution in [2.75, 3.05) is 12.3 Å². The predicted octanol–water partition coefficient (Wildman–Crippen LogP) is 1.79. The van der Waals surface area contributed by atoms with Gasteiger partial charge < -0.3 is 10.2 Å². The van der Waals surface area contributed by atoms with Crippen molar-refractivity contribution in [1.82, 2.24) is 9.97 Å². The van der Waals surface area contributed by atoms with Crippen LogP contribution in [0.1, 0.15) is 0 Å². The number of nitrogens with two attached hydrogens (primary N) is 1. The lowest BCUT2D eigenvalue weighted by Gasteiger charge is -1.99. The Morgan fingerprint density at radius 3 is 3.07 bits per heavy atom. The van der Waals surface area contributed by atoms with E-state index in [-0.39, 0.29) is 0 Å². The highest BCUT2D eigenvalue weighted by Crippen LogP contribution is 2.19. The molecule has 0 aliphatic heterocycles. The van der Waals surface area contributed by atoms with Gasteiger partial charge in [0.2, 0.25) is 0 Å². The molecule has 0 radical (unpaired) electrons. The molecule has 0 fully saturated rings. The van der Waals surface area contributed by atoms with Gasteiger partial charge in [-0.1, -0.05) is 11.8 Å². The molecule has 2 N–H and O–H groups in total. The lowest BCUT2D eigenvalue weighted by molar-refractivity contribution is 0.579. The Morgan fingerprint density at radius 2 is 2.33 bits per heavy atom. The largest absolute Gasteiger partial charge is 0.463 e. The van der Waals surface area contributed by atoms with Crippen LogP contribution in [0.4, 0.5) is 0 Å². The summed E-state index contributed by atoms with van der Waals surface area (Å²) >= 11 is 1.54. The number of thioether (sulfide) groups is 1. The highest BCUT2D eigenvalue weighted by atomic mass is 32.2. The smallest absolute Gasteiger partial charge is 0.188 e. The summed E-state index contributed by atoms with van der Waals surface area (Å²) < 4.78 is 5.25. The number of hydrogen-bond donors (Lipinski definition) is 1. The van der Waals surface area contributed by atoms with Crippen LogP contribution in [0, 0.1) is 0 Å². The van der Waals surface area contributed by atoms with Crippen molar-refractivity contribution in [2.24, 2.45) is 5.73 Å². The Kier molecular flexibility index (Phi) is 3.37. The molecule has 0 bridgehead atoms. The molecule has 2 aromatic heterocycles. The highest BCUT2D eigenvalue weighted by Gasteiger charge is 2.04. The zero-order chi connectivity index (χ0) is 10.5. The molecule has 78 valence electrons. The molecule has 2 rings (SSSR count). The maximum absolute atomic E-state index is 5.41. The molecule has 2 aromatic rings. The van der Waals surface area contributed by atoms with Crippen LogP contribution in [-0.4, -0.2) is 22.3 Å². The van der Waals surface area contributed by atoms with Crippen LogP contribution < -0.4 is 5.73 Å². The van der Waals surface area contributed by atoms with Crippen LogP contribution in [0.25, 0.3) is 11.5 Å². The summed E-state index contributed by atoms with van der Waals surface area (Å²) in [5.41, 5.74) is 6.21. The molecule has 0 saturated heterocycles. The summed E-state index contributed by atoms with van der Waals surface area (Å²) in [5, 5.41) is 0.731. The van der Waals surface area contributed by atoms with Crippen LogP contribution in [0.15, 0.2) is 40.2 Å². The van der Waals surface area contributed by atoms with E-state index in [0.717, 1.165) is 22.4 Å². The van der Waals surface area contributed by atoms with E-state index in [4.69, 9.17) is 10.2 Å². The van der Waals surface area contributed by atoms with Gasteiger partial charge in [0.15, 0.2) is 10.9 Å². The number of rotatable bonds is 4. The van der Waals surface area contributed by atoms with Crippen molar-refractivity contribution in [3.8, 4) is 11.5 Å². The van der Waals surface area contributed by atoms with Gasteiger partial charge >= 0.3 is 0 Å². The first-order valence-corrected chi connectivity index (χ1v) is 5.58. The summed E-state index contributed by atoms with van der Waals surface area (Å²) in [6.07, 6.45) is 3.36. The molecule has 0 atom stereocenters. The Bertz CT molecular complexity index is 416. The van der Waals surface area contributed by atoms with Gasteiger partial charge in [0.05, 0.1) is 6.26 Å². The van der Waals surface area contributed by atoms with Gasteiger partial charge in [0, 0.05) is 18.5 Å². The fraction of sp³-hybridized carbons (Fsp3) is 0.200. The predicted molar refractivity (Wildman–Crippen MR) is 59.5 cm³/mol. The first-order chi connectivity index (χ1) is 7.40. The molecule has 2 heterocycles. The Balaban J connectivity index is 2.19. The van der Waals surface area contributed by atoms with E-state index in [0.29, 0.717) is 6.54 Å². The second kappa shape index (κ2) is 4.95. The van der Waals surface area contributed by atoms with Gasteiger partial charge in [-0.3, -0.25) is 0 Å². The zero-order valence-electron chi connectivity index (χ0n) is 8.09. The SMILES string of the molecule is NCCSc1nccc(-c2ccco2)n1. The fourth-order valence-corrected chi connectivity index (χ4v) is 1.72. The minimum Gasteiger partial charge on any atom is -0.463 e.